The molecule has 3 saturated heterocycles. The number of aliphatic imine (C=N–C) groups is 1. The molecule has 0 saturated carbocycles. The minimum absolute atomic E-state index is 0. The molecule has 0 aromatic rings. The first-order valence-corrected chi connectivity index (χ1v) is 11.5. The molecule has 31 heavy (non-hydrogen) atoms. The quantitative estimate of drug-likeness (QED) is 0.207. The molecule has 3 rings (SSSR count). The molecular weight excluding hydrogens is 511 g/mol. The average molecular weight is 550 g/mol. The van der Waals surface area contributed by atoms with Gasteiger partial charge in [-0.3, -0.25) is 14.6 Å². The largest absolute Gasteiger partial charge is 0.369 e. The molecule has 10 heteroatoms. The topological polar surface area (TPSA) is 103 Å². The van der Waals surface area contributed by atoms with E-state index in [9.17, 15) is 9.59 Å². The summed E-state index contributed by atoms with van der Waals surface area (Å²) >= 11 is 0. The Kier molecular flexibility index (Phi) is 11.3. The highest BCUT2D eigenvalue weighted by Gasteiger charge is 2.30. The van der Waals surface area contributed by atoms with Gasteiger partial charge in [-0.2, -0.15) is 0 Å². The molecule has 1 atom stereocenters. The summed E-state index contributed by atoms with van der Waals surface area (Å²) in [4.78, 5) is 34.7. The van der Waals surface area contributed by atoms with E-state index >= 15 is 0 Å². The van der Waals surface area contributed by atoms with Gasteiger partial charge in [0.15, 0.2) is 5.96 Å². The van der Waals surface area contributed by atoms with E-state index in [2.05, 4.69) is 20.1 Å². The van der Waals surface area contributed by atoms with Gasteiger partial charge in [-0.15, -0.1) is 24.0 Å². The normalized spacial score (nSPS) is 23.5. The molecule has 3 N–H and O–H groups in total. The van der Waals surface area contributed by atoms with Crippen LogP contribution in [0.1, 0.15) is 38.5 Å². The number of primary amides is 1. The fourth-order valence-electron chi connectivity index (χ4n) is 4.55. The number of ether oxygens (including phenoxy) is 1. The lowest BCUT2D eigenvalue weighted by Crippen LogP contribution is -2.55. The third-order valence-electron chi connectivity index (χ3n) is 6.48. The van der Waals surface area contributed by atoms with Crippen LogP contribution in [-0.2, 0) is 14.3 Å². The maximum Gasteiger partial charge on any atom is 0.251 e. The van der Waals surface area contributed by atoms with E-state index in [4.69, 9.17) is 10.5 Å². The van der Waals surface area contributed by atoms with Crippen LogP contribution in [0.4, 0.5) is 0 Å². The molecule has 0 radical (unpaired) electrons. The number of nitrogens with two attached hydrogens (primary N) is 1. The molecular formula is C21H39IN6O3. The summed E-state index contributed by atoms with van der Waals surface area (Å²) in [5.41, 5.74) is 5.40. The molecule has 1 unspecified atom stereocenters. The summed E-state index contributed by atoms with van der Waals surface area (Å²) < 4.78 is 5.53. The van der Waals surface area contributed by atoms with Gasteiger partial charge in [-0.25, -0.2) is 0 Å². The summed E-state index contributed by atoms with van der Waals surface area (Å²) in [6.45, 7) is 7.64. The van der Waals surface area contributed by atoms with Gasteiger partial charge in [0.2, 0.25) is 5.91 Å². The maximum absolute atomic E-state index is 12.5. The van der Waals surface area contributed by atoms with E-state index in [1.165, 1.54) is 0 Å². The van der Waals surface area contributed by atoms with Gasteiger partial charge >= 0.3 is 0 Å². The molecule has 3 fully saturated rings. The van der Waals surface area contributed by atoms with Crippen LogP contribution in [0.5, 0.6) is 0 Å². The number of likely N-dealkylation sites (tertiary alicyclic amines) is 1. The third-order valence-corrected chi connectivity index (χ3v) is 6.48. The summed E-state index contributed by atoms with van der Waals surface area (Å²) in [6.07, 6.45) is 5.59. The second kappa shape index (κ2) is 13.4. The second-order valence-corrected chi connectivity index (χ2v) is 8.51. The number of halogens is 1. The van der Waals surface area contributed by atoms with Crippen molar-refractivity contribution in [2.75, 3.05) is 66.0 Å². The highest BCUT2D eigenvalue weighted by molar-refractivity contribution is 14.0. The van der Waals surface area contributed by atoms with E-state index in [1.54, 1.807) is 0 Å². The lowest BCUT2D eigenvalue weighted by Gasteiger charge is -2.37. The van der Waals surface area contributed by atoms with Crippen LogP contribution in [0, 0.1) is 5.92 Å². The minimum Gasteiger partial charge on any atom is -0.369 e. The van der Waals surface area contributed by atoms with Crippen molar-refractivity contribution in [3.05, 3.63) is 0 Å². The summed E-state index contributed by atoms with van der Waals surface area (Å²) in [7, 11) is 1.81. The van der Waals surface area contributed by atoms with Crippen molar-refractivity contribution in [3.63, 3.8) is 0 Å². The Labute approximate surface area is 203 Å². The SMILES string of the molecule is CN=C(NCCCCN1CCC(C(N)=O)CC1)N1CCN(C(=O)C2CCCO2)CC1.I. The van der Waals surface area contributed by atoms with Crippen LogP contribution >= 0.6 is 24.0 Å². The average Bonchev–Trinajstić information content (AvgIpc) is 3.31. The Bertz CT molecular complexity index is 598. The molecule has 3 aliphatic rings. The number of guanidine groups is 1. The molecule has 0 spiro atoms. The van der Waals surface area contributed by atoms with Crippen molar-refractivity contribution in [3.8, 4) is 0 Å². The monoisotopic (exact) mass is 550 g/mol. The van der Waals surface area contributed by atoms with E-state index < -0.39 is 0 Å². The number of hydrogen-bond acceptors (Lipinski definition) is 5. The van der Waals surface area contributed by atoms with Crippen LogP contribution in [0.2, 0.25) is 0 Å². The number of nitrogens with zero attached hydrogens (tertiary/aromatic N) is 4. The first kappa shape index (κ1) is 26.1. The zero-order valence-corrected chi connectivity index (χ0v) is 21.1. The number of hydrogen-bond donors (Lipinski definition) is 2. The lowest BCUT2D eigenvalue weighted by molar-refractivity contribution is -0.142. The van der Waals surface area contributed by atoms with Crippen LogP contribution in [0.25, 0.3) is 0 Å². The Hall–Kier alpha value is -1.14. The fraction of sp³-hybridized carbons (Fsp3) is 0.857. The van der Waals surface area contributed by atoms with Gasteiger partial charge in [0, 0.05) is 52.3 Å². The minimum atomic E-state index is -0.226. The van der Waals surface area contributed by atoms with Crippen molar-refractivity contribution in [1.82, 2.24) is 20.0 Å². The number of rotatable bonds is 7. The van der Waals surface area contributed by atoms with Crippen molar-refractivity contribution in [1.29, 1.82) is 0 Å². The standard InChI is InChI=1S/C21H38N6O3.HI/c1-23-21(24-8-2-3-9-25-10-6-17(7-11-25)19(22)28)27-14-12-26(13-15-27)20(29)18-5-4-16-30-18;/h17-18H,2-16H2,1H3,(H2,22,28)(H,23,24);1H. The van der Waals surface area contributed by atoms with Gasteiger partial charge in [0.1, 0.15) is 6.10 Å². The van der Waals surface area contributed by atoms with Crippen LogP contribution in [0.3, 0.4) is 0 Å². The molecule has 3 heterocycles. The molecule has 178 valence electrons. The fourth-order valence-corrected chi connectivity index (χ4v) is 4.55. The third kappa shape index (κ3) is 7.74. The number of amides is 2. The number of nitrogens with one attached hydrogen (secondary N) is 1. The first-order chi connectivity index (χ1) is 14.6. The predicted octanol–water partition coefficient (Wildman–Crippen LogP) is 0.481. The molecule has 0 bridgehead atoms. The predicted molar refractivity (Wildman–Crippen MR) is 131 cm³/mol. The highest BCUT2D eigenvalue weighted by atomic mass is 127. The van der Waals surface area contributed by atoms with E-state index in [0.717, 1.165) is 96.8 Å². The lowest BCUT2D eigenvalue weighted by atomic mass is 9.96. The number of carbonyl (C=O) groups excluding carboxylic acids is 2. The molecule has 0 aromatic heterocycles. The maximum atomic E-state index is 12.5. The Morgan fingerprint density at radius 2 is 1.71 bits per heavy atom. The van der Waals surface area contributed by atoms with Crippen molar-refractivity contribution >= 4 is 41.8 Å². The highest BCUT2D eigenvalue weighted by Crippen LogP contribution is 2.17. The number of piperazine rings is 1. The smallest absolute Gasteiger partial charge is 0.251 e. The van der Waals surface area contributed by atoms with Gasteiger partial charge in [0.25, 0.3) is 5.91 Å². The van der Waals surface area contributed by atoms with Crippen LogP contribution in [-0.4, -0.2) is 105 Å². The Morgan fingerprint density at radius 1 is 1.03 bits per heavy atom. The van der Waals surface area contributed by atoms with E-state index in [-0.39, 0.29) is 47.8 Å². The molecule has 9 nitrogen and oxygen atoms in total. The first-order valence-electron chi connectivity index (χ1n) is 11.5. The molecule has 0 aromatic carbocycles. The van der Waals surface area contributed by atoms with Gasteiger partial charge in [-0.05, 0) is 58.2 Å². The Balaban J connectivity index is 0.00000341. The van der Waals surface area contributed by atoms with Gasteiger partial charge in [0.05, 0.1) is 0 Å². The van der Waals surface area contributed by atoms with E-state index in [1.807, 2.05) is 11.9 Å². The van der Waals surface area contributed by atoms with Crippen LogP contribution < -0.4 is 11.1 Å². The number of unbranched alkanes of at least 4 members (excludes halogenated alkanes) is 1. The zero-order chi connectivity index (χ0) is 21.3. The number of carbonyl (C=O) groups is 2. The van der Waals surface area contributed by atoms with E-state index in [0.29, 0.717) is 6.61 Å². The summed E-state index contributed by atoms with van der Waals surface area (Å²) in [5.74, 6) is 0.978. The van der Waals surface area contributed by atoms with Gasteiger partial charge < -0.3 is 30.5 Å². The molecule has 2 amide bonds. The molecule has 3 aliphatic heterocycles. The van der Waals surface area contributed by atoms with Crippen molar-refractivity contribution in [2.45, 2.75) is 44.6 Å². The van der Waals surface area contributed by atoms with Gasteiger partial charge in [-0.1, -0.05) is 0 Å². The van der Waals surface area contributed by atoms with Crippen molar-refractivity contribution in [2.24, 2.45) is 16.6 Å². The second-order valence-electron chi connectivity index (χ2n) is 8.51. The Morgan fingerprint density at radius 3 is 2.29 bits per heavy atom. The van der Waals surface area contributed by atoms with Crippen molar-refractivity contribution < 1.29 is 14.3 Å². The zero-order valence-electron chi connectivity index (χ0n) is 18.8. The van der Waals surface area contributed by atoms with Crippen LogP contribution in [0.15, 0.2) is 4.99 Å². The summed E-state index contributed by atoms with van der Waals surface area (Å²) in [5, 5.41) is 3.47. The number of piperidine rings is 1. The molecule has 0 aliphatic carbocycles. The summed E-state index contributed by atoms with van der Waals surface area (Å²) in [6, 6.07) is 0.